The van der Waals surface area contributed by atoms with E-state index in [0.29, 0.717) is 12.0 Å². The zero-order valence-corrected chi connectivity index (χ0v) is 12.1. The molecule has 4 atom stereocenters. The molecule has 0 aromatic carbocycles. The molecule has 1 rings (SSSR count). The Morgan fingerprint density at radius 3 is 2.41 bits per heavy atom. The number of aliphatic hydroxyl groups is 1. The Hall–Kier alpha value is -0.120. The van der Waals surface area contributed by atoms with Crippen LogP contribution < -0.4 is 5.73 Å². The second kappa shape index (κ2) is 5.68. The third kappa shape index (κ3) is 3.67. The van der Waals surface area contributed by atoms with Crippen molar-refractivity contribution in [1.82, 2.24) is 4.90 Å². The number of rotatable bonds is 3. The summed E-state index contributed by atoms with van der Waals surface area (Å²) >= 11 is 0. The van der Waals surface area contributed by atoms with Crippen molar-refractivity contribution in [3.8, 4) is 0 Å². The van der Waals surface area contributed by atoms with Gasteiger partial charge in [-0.1, -0.05) is 34.6 Å². The molecule has 1 heterocycles. The van der Waals surface area contributed by atoms with E-state index in [-0.39, 0.29) is 17.6 Å². The number of hydrogen-bond acceptors (Lipinski definition) is 3. The van der Waals surface area contributed by atoms with Crippen LogP contribution in [0.2, 0.25) is 0 Å². The minimum absolute atomic E-state index is 0.162. The summed E-state index contributed by atoms with van der Waals surface area (Å²) in [6.45, 7) is 12.9. The molecule has 0 aromatic rings. The fourth-order valence-electron chi connectivity index (χ4n) is 3.01. The standard InChI is InChI=1S/C14H30N2O/c1-6-11(15)13(14(3,4)5)16-8-7-10(2)12(17)9-16/h10-13,17H,6-9,15H2,1-5H3. The zero-order chi connectivity index (χ0) is 13.2. The molecule has 3 nitrogen and oxygen atoms in total. The fraction of sp³-hybridized carbons (Fsp3) is 1.00. The van der Waals surface area contributed by atoms with Gasteiger partial charge >= 0.3 is 0 Å². The average molecular weight is 242 g/mol. The van der Waals surface area contributed by atoms with Crippen LogP contribution in [0.4, 0.5) is 0 Å². The van der Waals surface area contributed by atoms with Crippen LogP contribution in [0.5, 0.6) is 0 Å². The molecule has 3 N–H and O–H groups in total. The molecule has 0 bridgehead atoms. The van der Waals surface area contributed by atoms with Gasteiger partial charge < -0.3 is 10.8 Å². The second-order valence-electron chi connectivity index (χ2n) is 6.71. The number of β-amino-alcohol motifs (C(OH)–C–C–N with tert-alkyl or cyclic N) is 1. The van der Waals surface area contributed by atoms with Crippen molar-refractivity contribution >= 4 is 0 Å². The summed E-state index contributed by atoms with van der Waals surface area (Å²) in [5.41, 5.74) is 6.45. The van der Waals surface area contributed by atoms with Crippen LogP contribution in [0.25, 0.3) is 0 Å². The zero-order valence-electron chi connectivity index (χ0n) is 12.1. The highest BCUT2D eigenvalue weighted by Gasteiger charge is 2.37. The molecule has 1 fully saturated rings. The highest BCUT2D eigenvalue weighted by atomic mass is 16.3. The van der Waals surface area contributed by atoms with E-state index in [4.69, 9.17) is 5.73 Å². The first kappa shape index (κ1) is 14.9. The average Bonchev–Trinajstić information content (AvgIpc) is 2.21. The summed E-state index contributed by atoms with van der Waals surface area (Å²) in [4.78, 5) is 2.40. The van der Waals surface area contributed by atoms with Gasteiger partial charge in [0, 0.05) is 18.6 Å². The highest BCUT2D eigenvalue weighted by Crippen LogP contribution is 2.30. The van der Waals surface area contributed by atoms with Gasteiger partial charge in [0.05, 0.1) is 6.10 Å². The minimum atomic E-state index is -0.197. The van der Waals surface area contributed by atoms with Crippen LogP contribution in [0.1, 0.15) is 47.5 Å². The molecular formula is C14H30N2O. The lowest BCUT2D eigenvalue weighted by Gasteiger charge is -2.47. The molecule has 1 aliphatic heterocycles. The van der Waals surface area contributed by atoms with Crippen LogP contribution >= 0.6 is 0 Å². The number of piperidine rings is 1. The molecule has 0 amide bonds. The van der Waals surface area contributed by atoms with Crippen LogP contribution in [-0.2, 0) is 0 Å². The van der Waals surface area contributed by atoms with Gasteiger partial charge in [-0.05, 0) is 30.7 Å². The van der Waals surface area contributed by atoms with Gasteiger partial charge in [-0.2, -0.15) is 0 Å². The Morgan fingerprint density at radius 1 is 1.41 bits per heavy atom. The third-order valence-corrected chi connectivity index (χ3v) is 4.11. The highest BCUT2D eigenvalue weighted by molar-refractivity contribution is 4.93. The summed E-state index contributed by atoms with van der Waals surface area (Å²) in [6.07, 6.45) is 1.87. The van der Waals surface area contributed by atoms with E-state index in [1.807, 2.05) is 0 Å². The van der Waals surface area contributed by atoms with Crippen molar-refractivity contribution in [3.63, 3.8) is 0 Å². The molecular weight excluding hydrogens is 212 g/mol. The number of aliphatic hydroxyl groups excluding tert-OH is 1. The maximum absolute atomic E-state index is 10.0. The first-order chi connectivity index (χ1) is 7.77. The summed E-state index contributed by atoms with van der Waals surface area (Å²) in [5, 5.41) is 10.0. The van der Waals surface area contributed by atoms with Crippen molar-refractivity contribution in [2.24, 2.45) is 17.1 Å². The predicted octanol–water partition coefficient (Wildman–Crippen LogP) is 1.84. The molecule has 0 aliphatic carbocycles. The maximum Gasteiger partial charge on any atom is 0.0693 e. The molecule has 1 saturated heterocycles. The maximum atomic E-state index is 10.0. The number of likely N-dealkylation sites (tertiary alicyclic amines) is 1. The Balaban J connectivity index is 2.78. The van der Waals surface area contributed by atoms with Crippen LogP contribution in [-0.4, -0.2) is 41.3 Å². The second-order valence-corrected chi connectivity index (χ2v) is 6.71. The Kier molecular flexibility index (Phi) is 4.99. The van der Waals surface area contributed by atoms with Gasteiger partial charge in [0.25, 0.3) is 0 Å². The molecule has 0 radical (unpaired) electrons. The molecule has 0 saturated carbocycles. The molecule has 4 unspecified atom stereocenters. The van der Waals surface area contributed by atoms with Gasteiger partial charge in [0.1, 0.15) is 0 Å². The Labute approximate surface area is 106 Å². The van der Waals surface area contributed by atoms with E-state index in [9.17, 15) is 5.11 Å². The summed E-state index contributed by atoms with van der Waals surface area (Å²) < 4.78 is 0. The summed E-state index contributed by atoms with van der Waals surface area (Å²) in [6, 6.07) is 0.547. The van der Waals surface area contributed by atoms with E-state index in [1.165, 1.54) is 0 Å². The van der Waals surface area contributed by atoms with Gasteiger partial charge in [-0.25, -0.2) is 0 Å². The van der Waals surface area contributed by atoms with Gasteiger partial charge in [-0.3, -0.25) is 4.90 Å². The SMILES string of the molecule is CCC(N)C(N1CCC(C)C(O)C1)C(C)(C)C. The third-order valence-electron chi connectivity index (χ3n) is 4.11. The molecule has 0 spiro atoms. The lowest BCUT2D eigenvalue weighted by atomic mass is 9.79. The van der Waals surface area contributed by atoms with E-state index in [1.54, 1.807) is 0 Å². The Bertz CT molecular complexity index is 237. The number of hydrogen-bond donors (Lipinski definition) is 2. The first-order valence-electron chi connectivity index (χ1n) is 6.95. The first-order valence-corrected chi connectivity index (χ1v) is 6.95. The fourth-order valence-corrected chi connectivity index (χ4v) is 3.01. The van der Waals surface area contributed by atoms with Crippen molar-refractivity contribution in [2.75, 3.05) is 13.1 Å². The van der Waals surface area contributed by atoms with Crippen molar-refractivity contribution < 1.29 is 5.11 Å². The smallest absolute Gasteiger partial charge is 0.0693 e. The quantitative estimate of drug-likeness (QED) is 0.794. The van der Waals surface area contributed by atoms with Crippen LogP contribution in [0.15, 0.2) is 0 Å². The van der Waals surface area contributed by atoms with Crippen LogP contribution in [0, 0.1) is 11.3 Å². The molecule has 1 aliphatic rings. The van der Waals surface area contributed by atoms with Crippen molar-refractivity contribution in [3.05, 3.63) is 0 Å². The lowest BCUT2D eigenvalue weighted by Crippen LogP contribution is -2.58. The van der Waals surface area contributed by atoms with Gasteiger partial charge in [0.15, 0.2) is 0 Å². The van der Waals surface area contributed by atoms with Crippen molar-refractivity contribution in [1.29, 1.82) is 0 Å². The van der Waals surface area contributed by atoms with Gasteiger partial charge in [0.2, 0.25) is 0 Å². The predicted molar refractivity (Wildman–Crippen MR) is 72.9 cm³/mol. The summed E-state index contributed by atoms with van der Waals surface area (Å²) in [7, 11) is 0. The Morgan fingerprint density at radius 2 is 2.00 bits per heavy atom. The molecule has 3 heteroatoms. The van der Waals surface area contributed by atoms with Crippen molar-refractivity contribution in [2.45, 2.75) is 65.6 Å². The monoisotopic (exact) mass is 242 g/mol. The van der Waals surface area contributed by atoms with E-state index in [0.717, 1.165) is 25.9 Å². The largest absolute Gasteiger partial charge is 0.392 e. The molecule has 0 aromatic heterocycles. The van der Waals surface area contributed by atoms with E-state index >= 15 is 0 Å². The van der Waals surface area contributed by atoms with Gasteiger partial charge in [-0.15, -0.1) is 0 Å². The number of nitrogens with two attached hydrogens (primary N) is 1. The lowest BCUT2D eigenvalue weighted by molar-refractivity contribution is -0.0227. The molecule has 17 heavy (non-hydrogen) atoms. The van der Waals surface area contributed by atoms with E-state index in [2.05, 4.69) is 39.5 Å². The van der Waals surface area contributed by atoms with E-state index < -0.39 is 0 Å². The van der Waals surface area contributed by atoms with Crippen LogP contribution in [0.3, 0.4) is 0 Å². The summed E-state index contributed by atoms with van der Waals surface area (Å²) in [5.74, 6) is 0.421. The minimum Gasteiger partial charge on any atom is -0.392 e. The topological polar surface area (TPSA) is 49.5 Å². The normalized spacial score (nSPS) is 31.2. The molecule has 102 valence electrons. The number of nitrogens with zero attached hydrogens (tertiary/aromatic N) is 1.